The Hall–Kier alpha value is -1.02. The van der Waals surface area contributed by atoms with E-state index in [1.165, 1.54) is 17.5 Å². The average Bonchev–Trinajstić information content (AvgIpc) is 2.64. The molecular weight excluding hydrogens is 208 g/mol. The van der Waals surface area contributed by atoms with E-state index in [9.17, 15) is 0 Å². The lowest BCUT2D eigenvalue weighted by Gasteiger charge is -2.23. The average molecular weight is 221 g/mol. The predicted molar refractivity (Wildman–Crippen MR) is 62.3 cm³/mol. The molecule has 0 fully saturated rings. The summed E-state index contributed by atoms with van der Waals surface area (Å²) in [7, 11) is 0. The van der Waals surface area contributed by atoms with Crippen molar-refractivity contribution < 1.29 is 0 Å². The summed E-state index contributed by atoms with van der Waals surface area (Å²) in [5, 5.41) is 0. The van der Waals surface area contributed by atoms with E-state index in [-0.39, 0.29) is 0 Å². The van der Waals surface area contributed by atoms with Crippen molar-refractivity contribution in [2.24, 2.45) is 0 Å². The van der Waals surface area contributed by atoms with Gasteiger partial charge in [0.25, 0.3) is 0 Å². The largest absolute Gasteiger partial charge is 0.324 e. The Morgan fingerprint density at radius 1 is 1.53 bits per heavy atom. The zero-order chi connectivity index (χ0) is 10.4. The number of imidazole rings is 1. The van der Waals surface area contributed by atoms with Gasteiger partial charge in [-0.1, -0.05) is 12.1 Å². The zero-order valence-corrected chi connectivity index (χ0v) is 9.46. The van der Waals surface area contributed by atoms with Crippen molar-refractivity contribution in [2.45, 2.75) is 31.7 Å². The quantitative estimate of drug-likeness (QED) is 0.675. The Bertz CT molecular complexity index is 516. The first kappa shape index (κ1) is 9.22. The van der Waals surface area contributed by atoms with E-state index in [1.54, 1.807) is 0 Å². The third-order valence-electron chi connectivity index (χ3n) is 3.26. The molecule has 0 bridgehead atoms. The molecule has 78 valence electrons. The van der Waals surface area contributed by atoms with Crippen LogP contribution < -0.4 is 0 Å². The molecule has 2 aromatic rings. The fourth-order valence-electron chi connectivity index (χ4n) is 2.53. The minimum atomic E-state index is 0.498. The van der Waals surface area contributed by atoms with Crippen LogP contribution >= 0.6 is 11.6 Å². The molecule has 3 rings (SSSR count). The molecule has 1 aromatic heterocycles. The molecule has 3 heteroatoms. The molecule has 2 heterocycles. The number of aromatic nitrogens is 2. The van der Waals surface area contributed by atoms with E-state index in [2.05, 4.69) is 34.7 Å². The number of rotatable bonds is 1. The van der Waals surface area contributed by atoms with Crippen molar-refractivity contribution in [3.05, 3.63) is 29.6 Å². The van der Waals surface area contributed by atoms with E-state index < -0.39 is 0 Å². The summed E-state index contributed by atoms with van der Waals surface area (Å²) in [6, 6.07) is 6.88. The fourth-order valence-corrected chi connectivity index (χ4v) is 2.72. The lowest BCUT2D eigenvalue weighted by Crippen LogP contribution is -2.14. The van der Waals surface area contributed by atoms with Gasteiger partial charge in [0.05, 0.1) is 16.9 Å². The maximum atomic E-state index is 5.94. The number of nitrogens with zero attached hydrogens (tertiary/aromatic N) is 2. The van der Waals surface area contributed by atoms with E-state index >= 15 is 0 Å². The van der Waals surface area contributed by atoms with Gasteiger partial charge in [0, 0.05) is 6.04 Å². The van der Waals surface area contributed by atoms with Gasteiger partial charge in [-0.15, -0.1) is 11.6 Å². The highest BCUT2D eigenvalue weighted by molar-refractivity contribution is 6.16. The van der Waals surface area contributed by atoms with Crippen molar-refractivity contribution in [2.75, 3.05) is 0 Å². The van der Waals surface area contributed by atoms with Crippen LogP contribution in [0.3, 0.4) is 0 Å². The van der Waals surface area contributed by atoms with Crippen LogP contribution in [0.2, 0.25) is 0 Å². The van der Waals surface area contributed by atoms with Crippen LogP contribution in [0.5, 0.6) is 0 Å². The summed E-state index contributed by atoms with van der Waals surface area (Å²) in [4.78, 5) is 4.58. The number of benzene rings is 1. The Balaban J connectivity index is 2.42. The Morgan fingerprint density at radius 3 is 3.20 bits per heavy atom. The van der Waals surface area contributed by atoms with Crippen LogP contribution in [0.1, 0.15) is 30.8 Å². The van der Waals surface area contributed by atoms with E-state index in [1.807, 2.05) is 0 Å². The number of hydrogen-bond acceptors (Lipinski definition) is 1. The molecule has 0 N–H and O–H groups in total. The number of alkyl halides is 1. The lowest BCUT2D eigenvalue weighted by molar-refractivity contribution is 0.489. The van der Waals surface area contributed by atoms with Crippen LogP contribution in [-0.4, -0.2) is 9.55 Å². The summed E-state index contributed by atoms with van der Waals surface area (Å²) in [6.07, 6.45) is 2.35. The molecule has 0 aliphatic carbocycles. The molecule has 1 aromatic carbocycles. The van der Waals surface area contributed by atoms with Crippen LogP contribution in [0.4, 0.5) is 0 Å². The van der Waals surface area contributed by atoms with E-state index in [0.29, 0.717) is 11.9 Å². The molecule has 2 nitrogen and oxygen atoms in total. The number of para-hydroxylation sites is 1. The first-order chi connectivity index (χ1) is 7.31. The van der Waals surface area contributed by atoms with Gasteiger partial charge in [-0.25, -0.2) is 4.98 Å². The second-order valence-corrected chi connectivity index (χ2v) is 4.47. The minimum absolute atomic E-state index is 0.498. The zero-order valence-electron chi connectivity index (χ0n) is 8.70. The van der Waals surface area contributed by atoms with Gasteiger partial charge in [-0.3, -0.25) is 0 Å². The van der Waals surface area contributed by atoms with Crippen molar-refractivity contribution >= 4 is 22.6 Å². The fraction of sp³-hybridized carbons (Fsp3) is 0.417. The van der Waals surface area contributed by atoms with E-state index in [0.717, 1.165) is 17.8 Å². The van der Waals surface area contributed by atoms with Crippen LogP contribution in [0.25, 0.3) is 11.0 Å². The second-order valence-electron chi connectivity index (χ2n) is 4.20. The van der Waals surface area contributed by atoms with Crippen molar-refractivity contribution in [3.63, 3.8) is 0 Å². The van der Waals surface area contributed by atoms with Gasteiger partial charge in [0.1, 0.15) is 5.82 Å². The highest BCUT2D eigenvalue weighted by Gasteiger charge is 2.21. The molecular formula is C12H13ClN2. The first-order valence-electron chi connectivity index (χ1n) is 5.36. The molecule has 0 spiro atoms. The van der Waals surface area contributed by atoms with Gasteiger partial charge < -0.3 is 4.57 Å². The Kier molecular flexibility index (Phi) is 1.99. The normalized spacial score (nSPS) is 19.7. The molecule has 0 radical (unpaired) electrons. The van der Waals surface area contributed by atoms with Crippen molar-refractivity contribution in [1.29, 1.82) is 0 Å². The van der Waals surface area contributed by atoms with Gasteiger partial charge in [-0.05, 0) is 31.4 Å². The Labute approximate surface area is 93.9 Å². The molecule has 1 aliphatic heterocycles. The highest BCUT2D eigenvalue weighted by Crippen LogP contribution is 2.32. The summed E-state index contributed by atoms with van der Waals surface area (Å²) in [5.74, 6) is 1.50. The van der Waals surface area contributed by atoms with Crippen LogP contribution in [0, 0.1) is 0 Å². The molecule has 0 amide bonds. The van der Waals surface area contributed by atoms with Gasteiger partial charge in [-0.2, -0.15) is 0 Å². The molecule has 1 unspecified atom stereocenters. The van der Waals surface area contributed by atoms with Crippen molar-refractivity contribution in [1.82, 2.24) is 9.55 Å². The lowest BCUT2D eigenvalue weighted by atomic mass is 10.00. The third-order valence-corrected chi connectivity index (χ3v) is 3.50. The topological polar surface area (TPSA) is 17.8 Å². The number of hydrogen-bond donors (Lipinski definition) is 0. The standard InChI is InChI=1S/C12H13ClN2/c1-8-5-6-9-3-2-4-10-12(9)15(8)11(7-13)14-10/h2-4,8H,5-7H2,1H3. The molecule has 15 heavy (non-hydrogen) atoms. The van der Waals surface area contributed by atoms with Crippen LogP contribution in [0.15, 0.2) is 18.2 Å². The molecule has 1 atom stereocenters. The number of halogens is 1. The Morgan fingerprint density at radius 2 is 2.40 bits per heavy atom. The predicted octanol–water partition coefficient (Wildman–Crippen LogP) is 3.28. The first-order valence-corrected chi connectivity index (χ1v) is 5.89. The van der Waals surface area contributed by atoms with Gasteiger partial charge in [0.2, 0.25) is 0 Å². The van der Waals surface area contributed by atoms with E-state index in [4.69, 9.17) is 11.6 Å². The highest BCUT2D eigenvalue weighted by atomic mass is 35.5. The second kappa shape index (κ2) is 3.24. The maximum absolute atomic E-state index is 5.94. The SMILES string of the molecule is CC1CCc2cccc3nc(CCl)n1c23. The summed E-state index contributed by atoms with van der Waals surface area (Å²) >= 11 is 5.94. The summed E-state index contributed by atoms with van der Waals surface area (Å²) < 4.78 is 2.31. The summed E-state index contributed by atoms with van der Waals surface area (Å²) in [6.45, 7) is 2.24. The summed E-state index contributed by atoms with van der Waals surface area (Å²) in [5.41, 5.74) is 3.80. The smallest absolute Gasteiger partial charge is 0.125 e. The van der Waals surface area contributed by atoms with Gasteiger partial charge in [0.15, 0.2) is 0 Å². The molecule has 0 saturated carbocycles. The number of aryl methyl sites for hydroxylation is 1. The maximum Gasteiger partial charge on any atom is 0.125 e. The molecule has 0 saturated heterocycles. The monoisotopic (exact) mass is 220 g/mol. The molecule has 1 aliphatic rings. The third kappa shape index (κ3) is 1.21. The van der Waals surface area contributed by atoms with Gasteiger partial charge >= 0.3 is 0 Å². The van der Waals surface area contributed by atoms with Crippen molar-refractivity contribution in [3.8, 4) is 0 Å². The van der Waals surface area contributed by atoms with Crippen LogP contribution in [-0.2, 0) is 12.3 Å². The minimum Gasteiger partial charge on any atom is -0.324 e.